The molecule has 0 spiro atoms. The van der Waals surface area contributed by atoms with Crippen LogP contribution in [-0.2, 0) is 11.2 Å². The van der Waals surface area contributed by atoms with Gasteiger partial charge in [0, 0.05) is 12.1 Å². The van der Waals surface area contributed by atoms with E-state index >= 15 is 0 Å². The van der Waals surface area contributed by atoms with Crippen LogP contribution in [0.15, 0.2) is 12.3 Å². The Kier molecular flexibility index (Phi) is 2.32. The fourth-order valence-corrected chi connectivity index (χ4v) is 2.00. The Morgan fingerprint density at radius 1 is 1.62 bits per heavy atom. The molecular formula is C10H10ClNO. The van der Waals surface area contributed by atoms with Crippen molar-refractivity contribution in [1.82, 2.24) is 4.98 Å². The van der Waals surface area contributed by atoms with Gasteiger partial charge in [-0.05, 0) is 36.5 Å². The zero-order chi connectivity index (χ0) is 9.26. The summed E-state index contributed by atoms with van der Waals surface area (Å²) in [7, 11) is 0. The first kappa shape index (κ1) is 8.70. The van der Waals surface area contributed by atoms with Gasteiger partial charge >= 0.3 is 0 Å². The molecule has 0 fully saturated rings. The molecule has 1 aliphatic carbocycles. The number of fused-ring (bicyclic) bond motifs is 1. The van der Waals surface area contributed by atoms with Crippen LogP contribution in [0, 0.1) is 0 Å². The Morgan fingerprint density at radius 3 is 3.23 bits per heavy atom. The highest BCUT2D eigenvalue weighted by atomic mass is 35.5. The molecule has 0 N–H and O–H groups in total. The molecule has 1 unspecified atom stereocenters. The average molecular weight is 196 g/mol. The lowest BCUT2D eigenvalue weighted by Crippen LogP contribution is -2.11. The van der Waals surface area contributed by atoms with Gasteiger partial charge in [-0.25, -0.2) is 4.98 Å². The fourth-order valence-electron chi connectivity index (χ4n) is 1.84. The third-order valence-electron chi connectivity index (χ3n) is 2.51. The maximum absolute atomic E-state index is 10.8. The molecule has 0 amide bonds. The van der Waals surface area contributed by atoms with Gasteiger partial charge < -0.3 is 4.79 Å². The summed E-state index contributed by atoms with van der Waals surface area (Å²) in [5, 5.41) is 0.479. The molecule has 1 atom stereocenters. The molecule has 68 valence electrons. The third kappa shape index (κ3) is 1.59. The van der Waals surface area contributed by atoms with Crippen LogP contribution in [0.2, 0.25) is 5.15 Å². The number of carbonyl (C=O) groups is 1. The Hall–Kier alpha value is -0.890. The molecule has 1 heterocycles. The van der Waals surface area contributed by atoms with Crippen LogP contribution in [0.3, 0.4) is 0 Å². The van der Waals surface area contributed by atoms with E-state index in [0.29, 0.717) is 5.15 Å². The molecule has 3 heteroatoms. The second-order valence-electron chi connectivity index (χ2n) is 3.34. The van der Waals surface area contributed by atoms with Gasteiger partial charge in [0.25, 0.3) is 0 Å². The molecule has 0 aromatic carbocycles. The summed E-state index contributed by atoms with van der Waals surface area (Å²) < 4.78 is 0. The zero-order valence-electron chi connectivity index (χ0n) is 7.16. The van der Waals surface area contributed by atoms with E-state index < -0.39 is 0 Å². The number of pyridine rings is 1. The Balaban J connectivity index is 2.47. The van der Waals surface area contributed by atoms with E-state index in [-0.39, 0.29) is 5.92 Å². The highest BCUT2D eigenvalue weighted by Crippen LogP contribution is 2.30. The molecular weight excluding hydrogens is 186 g/mol. The van der Waals surface area contributed by atoms with Crippen LogP contribution in [0.5, 0.6) is 0 Å². The lowest BCUT2D eigenvalue weighted by Gasteiger charge is -2.20. The van der Waals surface area contributed by atoms with E-state index in [0.717, 1.165) is 31.1 Å². The van der Waals surface area contributed by atoms with E-state index in [1.165, 1.54) is 5.56 Å². The van der Waals surface area contributed by atoms with Gasteiger partial charge in [-0.15, -0.1) is 0 Å². The van der Waals surface area contributed by atoms with E-state index in [4.69, 9.17) is 11.6 Å². The predicted octanol–water partition coefficient (Wildman–Crippen LogP) is 2.35. The molecule has 0 saturated carbocycles. The van der Waals surface area contributed by atoms with E-state index in [2.05, 4.69) is 4.98 Å². The third-order valence-corrected chi connectivity index (χ3v) is 2.72. The molecule has 0 saturated heterocycles. The van der Waals surface area contributed by atoms with Gasteiger partial charge in [0.05, 0.1) is 0 Å². The minimum atomic E-state index is 0.0317. The molecule has 0 radical (unpaired) electrons. The van der Waals surface area contributed by atoms with Crippen molar-refractivity contribution >= 4 is 17.9 Å². The summed E-state index contributed by atoms with van der Waals surface area (Å²) in [6.45, 7) is 0. The Labute approximate surface area is 81.9 Å². The van der Waals surface area contributed by atoms with Crippen molar-refractivity contribution in [1.29, 1.82) is 0 Å². The molecule has 2 rings (SSSR count). The molecule has 0 aliphatic heterocycles. The summed E-state index contributed by atoms with van der Waals surface area (Å²) in [6.07, 6.45) is 5.82. The summed E-state index contributed by atoms with van der Waals surface area (Å²) >= 11 is 5.77. The molecule has 1 aromatic rings. The number of rotatable bonds is 1. The predicted molar refractivity (Wildman–Crippen MR) is 51.0 cm³/mol. The monoisotopic (exact) mass is 195 g/mol. The van der Waals surface area contributed by atoms with Crippen LogP contribution in [0.4, 0.5) is 0 Å². The number of halogens is 1. The molecule has 2 nitrogen and oxygen atoms in total. The number of hydrogen-bond donors (Lipinski definition) is 0. The van der Waals surface area contributed by atoms with Gasteiger partial charge in [-0.3, -0.25) is 0 Å². The van der Waals surface area contributed by atoms with Gasteiger partial charge in [0.1, 0.15) is 11.4 Å². The fraction of sp³-hybridized carbons (Fsp3) is 0.400. The smallest absolute Gasteiger partial charge is 0.129 e. The summed E-state index contributed by atoms with van der Waals surface area (Å²) in [5.74, 6) is 0.0317. The molecule has 0 bridgehead atoms. The SMILES string of the molecule is O=CC1CCCc2cnc(Cl)cc21. The minimum Gasteiger partial charge on any atom is -0.303 e. The van der Waals surface area contributed by atoms with Crippen molar-refractivity contribution < 1.29 is 4.79 Å². The van der Waals surface area contributed by atoms with Crippen molar-refractivity contribution in [2.24, 2.45) is 0 Å². The molecule has 13 heavy (non-hydrogen) atoms. The number of nitrogens with zero attached hydrogens (tertiary/aromatic N) is 1. The van der Waals surface area contributed by atoms with Crippen molar-refractivity contribution in [3.8, 4) is 0 Å². The Bertz CT molecular complexity index is 338. The first-order valence-electron chi connectivity index (χ1n) is 4.41. The topological polar surface area (TPSA) is 30.0 Å². The first-order chi connectivity index (χ1) is 6.31. The highest BCUT2D eigenvalue weighted by molar-refractivity contribution is 6.29. The number of hydrogen-bond acceptors (Lipinski definition) is 2. The number of carbonyl (C=O) groups excluding carboxylic acids is 1. The summed E-state index contributed by atoms with van der Waals surface area (Å²) in [5.41, 5.74) is 2.24. The van der Waals surface area contributed by atoms with Crippen LogP contribution in [0.1, 0.15) is 29.9 Å². The van der Waals surface area contributed by atoms with Crippen molar-refractivity contribution in [3.63, 3.8) is 0 Å². The van der Waals surface area contributed by atoms with Crippen LogP contribution >= 0.6 is 11.6 Å². The maximum Gasteiger partial charge on any atom is 0.129 e. The van der Waals surface area contributed by atoms with E-state index in [1.807, 2.05) is 6.07 Å². The number of aldehydes is 1. The summed E-state index contributed by atoms with van der Waals surface area (Å²) in [6, 6.07) is 1.81. The largest absolute Gasteiger partial charge is 0.303 e. The quantitative estimate of drug-likeness (QED) is 0.509. The standard InChI is InChI=1S/C10H10ClNO/c11-10-4-9-7(5-12-10)2-1-3-8(9)6-13/h4-6,8H,1-3H2. The number of aromatic nitrogens is 1. The van der Waals surface area contributed by atoms with Crippen LogP contribution < -0.4 is 0 Å². The van der Waals surface area contributed by atoms with E-state index in [9.17, 15) is 4.79 Å². The Morgan fingerprint density at radius 2 is 2.46 bits per heavy atom. The average Bonchev–Trinajstić information content (AvgIpc) is 2.17. The summed E-state index contributed by atoms with van der Waals surface area (Å²) in [4.78, 5) is 14.8. The van der Waals surface area contributed by atoms with Crippen molar-refractivity contribution in [2.75, 3.05) is 0 Å². The van der Waals surface area contributed by atoms with Crippen molar-refractivity contribution in [3.05, 3.63) is 28.5 Å². The zero-order valence-corrected chi connectivity index (χ0v) is 7.92. The molecule has 1 aliphatic rings. The normalized spacial score (nSPS) is 20.8. The van der Waals surface area contributed by atoms with E-state index in [1.54, 1.807) is 6.20 Å². The second-order valence-corrected chi connectivity index (χ2v) is 3.73. The maximum atomic E-state index is 10.8. The van der Waals surface area contributed by atoms with Gasteiger partial charge in [-0.2, -0.15) is 0 Å². The lowest BCUT2D eigenvalue weighted by molar-refractivity contribution is -0.109. The highest BCUT2D eigenvalue weighted by Gasteiger charge is 2.19. The second kappa shape index (κ2) is 3.46. The first-order valence-corrected chi connectivity index (χ1v) is 4.78. The van der Waals surface area contributed by atoms with Crippen LogP contribution in [-0.4, -0.2) is 11.3 Å². The van der Waals surface area contributed by atoms with Gasteiger partial charge in [-0.1, -0.05) is 11.6 Å². The van der Waals surface area contributed by atoms with Gasteiger partial charge in [0.15, 0.2) is 0 Å². The van der Waals surface area contributed by atoms with Crippen LogP contribution in [0.25, 0.3) is 0 Å². The van der Waals surface area contributed by atoms with Gasteiger partial charge in [0.2, 0.25) is 0 Å². The molecule has 1 aromatic heterocycles. The minimum absolute atomic E-state index is 0.0317. The number of aryl methyl sites for hydroxylation is 1. The van der Waals surface area contributed by atoms with Crippen molar-refractivity contribution in [2.45, 2.75) is 25.2 Å². The lowest BCUT2D eigenvalue weighted by atomic mass is 9.85.